The van der Waals surface area contributed by atoms with Crippen molar-refractivity contribution in [1.82, 2.24) is 0 Å². The minimum absolute atomic E-state index is 0. The summed E-state index contributed by atoms with van der Waals surface area (Å²) in [6.07, 6.45) is 0. The normalized spacial score (nSPS) is 13.2. The zero-order valence-corrected chi connectivity index (χ0v) is 26.8. The summed E-state index contributed by atoms with van der Waals surface area (Å²) in [4.78, 5) is 0. The van der Waals surface area contributed by atoms with E-state index in [1.54, 1.807) is 11.1 Å². The summed E-state index contributed by atoms with van der Waals surface area (Å²) in [5.41, 5.74) is 20.8. The van der Waals surface area contributed by atoms with Gasteiger partial charge in [0.1, 0.15) is 0 Å². The second-order valence-corrected chi connectivity index (χ2v) is 9.59. The second-order valence-electron chi connectivity index (χ2n) is 9.59. The summed E-state index contributed by atoms with van der Waals surface area (Å²) in [5.74, 6) is 0.694. The monoisotopic (exact) mass is 610 g/mol. The summed E-state index contributed by atoms with van der Waals surface area (Å²) in [7, 11) is 0. The van der Waals surface area contributed by atoms with Crippen LogP contribution >= 0.6 is 0 Å². The molecule has 0 saturated carbocycles. The Hall–Kier alpha value is -0.573. The maximum absolute atomic E-state index is 2.28. The quantitative estimate of drug-likeness (QED) is 0.207. The van der Waals surface area contributed by atoms with Crippen molar-refractivity contribution in [2.75, 3.05) is 0 Å². The Kier molecular flexibility index (Phi) is 14.0. The third kappa shape index (κ3) is 6.73. The molecule has 3 rings (SSSR count). The maximum atomic E-state index is 2.28. The van der Waals surface area contributed by atoms with Crippen LogP contribution in [0, 0.1) is 75.2 Å². The Bertz CT molecular complexity index is 746. The molecule has 2 heteroatoms. The standard InChI is InChI=1S/C10H16.2C10H15.2Ru/c3*1-6-7(2)9(4)10(5)8(6)3;;/h6H,1-5H3;2*1-5H3;;/q;2*-1;;+2. The van der Waals surface area contributed by atoms with E-state index in [9.17, 15) is 0 Å². The van der Waals surface area contributed by atoms with Gasteiger partial charge in [0.05, 0.1) is 0 Å². The van der Waals surface area contributed by atoms with E-state index in [2.05, 4.69) is 104 Å². The minimum Gasteiger partial charge on any atom is -0.196 e. The molecule has 0 N–H and O–H groups in total. The Morgan fingerprint density at radius 2 is 0.656 bits per heavy atom. The smallest absolute Gasteiger partial charge is 0.196 e. The molecule has 0 atom stereocenters. The van der Waals surface area contributed by atoms with Gasteiger partial charge in [0.15, 0.2) is 0 Å². The molecule has 0 bridgehead atoms. The van der Waals surface area contributed by atoms with Crippen LogP contribution in [0.4, 0.5) is 0 Å². The molecule has 0 aliphatic heterocycles. The summed E-state index contributed by atoms with van der Waals surface area (Å²) in [6.45, 7) is 33.2. The van der Waals surface area contributed by atoms with E-state index < -0.39 is 0 Å². The third-order valence-corrected chi connectivity index (χ3v) is 8.67. The molecule has 1 aliphatic carbocycles. The predicted octanol–water partition coefficient (Wildman–Crippen LogP) is 9.20. The third-order valence-electron chi connectivity index (χ3n) is 8.67. The van der Waals surface area contributed by atoms with Crippen LogP contribution in [-0.4, -0.2) is 0 Å². The summed E-state index contributed by atoms with van der Waals surface area (Å²) in [5, 5.41) is 0. The van der Waals surface area contributed by atoms with Crippen LogP contribution in [0.5, 0.6) is 0 Å². The van der Waals surface area contributed by atoms with Crippen molar-refractivity contribution < 1.29 is 39.0 Å². The van der Waals surface area contributed by atoms with Gasteiger partial charge >= 0.3 is 19.5 Å². The van der Waals surface area contributed by atoms with Crippen LogP contribution in [0.15, 0.2) is 22.3 Å². The van der Waals surface area contributed by atoms with E-state index in [1.807, 2.05) is 0 Å². The van der Waals surface area contributed by atoms with Crippen LogP contribution in [0.2, 0.25) is 0 Å². The molecule has 0 aromatic heterocycles. The molecule has 1 aliphatic rings. The van der Waals surface area contributed by atoms with Gasteiger partial charge in [-0.1, -0.05) is 87.3 Å². The average molecular weight is 609 g/mol. The van der Waals surface area contributed by atoms with Crippen LogP contribution in [0.1, 0.15) is 90.3 Å². The van der Waals surface area contributed by atoms with Crippen molar-refractivity contribution >= 4 is 0 Å². The molecule has 0 saturated heterocycles. The topological polar surface area (TPSA) is 0 Å². The fraction of sp³-hybridized carbons (Fsp3) is 0.533. The van der Waals surface area contributed by atoms with Gasteiger partial charge in [-0.15, -0.1) is 0 Å². The zero-order valence-electron chi connectivity index (χ0n) is 23.3. The number of hydrogen-bond acceptors (Lipinski definition) is 0. The maximum Gasteiger partial charge on any atom is 2.00 e. The van der Waals surface area contributed by atoms with Crippen molar-refractivity contribution in [3.63, 3.8) is 0 Å². The van der Waals surface area contributed by atoms with Crippen LogP contribution in [0.3, 0.4) is 0 Å². The summed E-state index contributed by atoms with van der Waals surface area (Å²) >= 11 is 0. The van der Waals surface area contributed by atoms with Gasteiger partial charge in [-0.2, -0.15) is 55.6 Å². The van der Waals surface area contributed by atoms with Crippen LogP contribution < -0.4 is 0 Å². The van der Waals surface area contributed by atoms with Gasteiger partial charge in [-0.3, -0.25) is 0 Å². The van der Waals surface area contributed by atoms with Gasteiger partial charge < -0.3 is 0 Å². The first-order valence-corrected chi connectivity index (χ1v) is 11.4. The number of rotatable bonds is 0. The van der Waals surface area contributed by atoms with E-state index in [-0.39, 0.29) is 39.0 Å². The van der Waals surface area contributed by atoms with Gasteiger partial charge in [0, 0.05) is 19.5 Å². The van der Waals surface area contributed by atoms with Crippen molar-refractivity contribution in [2.24, 2.45) is 5.92 Å². The molecule has 0 unspecified atom stereocenters. The second kappa shape index (κ2) is 13.3. The van der Waals surface area contributed by atoms with E-state index in [0.717, 1.165) is 0 Å². The predicted molar refractivity (Wildman–Crippen MR) is 137 cm³/mol. The Morgan fingerprint density at radius 3 is 0.719 bits per heavy atom. The molecule has 0 nitrogen and oxygen atoms in total. The van der Waals surface area contributed by atoms with E-state index in [0.29, 0.717) is 5.92 Å². The number of hydrogen-bond donors (Lipinski definition) is 0. The van der Waals surface area contributed by atoms with Gasteiger partial charge in [0.25, 0.3) is 0 Å². The van der Waals surface area contributed by atoms with Crippen molar-refractivity contribution in [3.8, 4) is 0 Å². The SMILES string of the molecule is CC1=C(C)C(C)C(C)=C1C.Cc1c(C)c(C)[c-](C)c1C.Cc1c(C)c(C)[c-](C)c1C.[Ru+2].[Ru]. The van der Waals surface area contributed by atoms with Gasteiger partial charge in [-0.05, 0) is 44.8 Å². The van der Waals surface area contributed by atoms with E-state index >= 15 is 0 Å². The van der Waals surface area contributed by atoms with Crippen molar-refractivity contribution in [1.29, 1.82) is 0 Å². The first-order valence-electron chi connectivity index (χ1n) is 11.4. The Morgan fingerprint density at radius 1 is 0.469 bits per heavy atom. The molecule has 32 heavy (non-hydrogen) atoms. The first-order chi connectivity index (χ1) is 13.7. The summed E-state index contributed by atoms with van der Waals surface area (Å²) < 4.78 is 0. The fourth-order valence-electron chi connectivity index (χ4n) is 4.38. The van der Waals surface area contributed by atoms with Gasteiger partial charge in [-0.25, -0.2) is 0 Å². The molecule has 2 aromatic carbocycles. The molecule has 0 fully saturated rings. The number of allylic oxidation sites excluding steroid dienone is 4. The average Bonchev–Trinajstić information content (AvgIpc) is 3.09. The molecular formula is C30H46Ru2. The minimum atomic E-state index is 0. The Balaban J connectivity index is 0. The fourth-order valence-corrected chi connectivity index (χ4v) is 4.38. The molecule has 0 amide bonds. The molecule has 0 heterocycles. The van der Waals surface area contributed by atoms with Crippen molar-refractivity contribution in [3.05, 3.63) is 77.9 Å². The Labute approximate surface area is 225 Å². The molecular weight excluding hydrogens is 562 g/mol. The zero-order chi connectivity index (χ0) is 23.7. The largest absolute Gasteiger partial charge is 2.00 e. The van der Waals surface area contributed by atoms with Crippen LogP contribution in [0.25, 0.3) is 0 Å². The van der Waals surface area contributed by atoms with Crippen molar-refractivity contribution in [2.45, 2.75) is 104 Å². The molecule has 0 radical (unpaired) electrons. The van der Waals surface area contributed by atoms with Gasteiger partial charge in [0.2, 0.25) is 0 Å². The van der Waals surface area contributed by atoms with E-state index in [1.165, 1.54) is 66.8 Å². The first kappa shape index (κ1) is 33.6. The molecule has 2 aromatic rings. The van der Waals surface area contributed by atoms with E-state index in [4.69, 9.17) is 0 Å². The summed E-state index contributed by atoms with van der Waals surface area (Å²) in [6, 6.07) is 0. The molecule has 0 spiro atoms. The van der Waals surface area contributed by atoms with Crippen LogP contribution in [-0.2, 0) is 39.0 Å². The molecule has 182 valence electrons.